The third-order valence-corrected chi connectivity index (χ3v) is 4.50. The predicted molar refractivity (Wildman–Crippen MR) is 87.2 cm³/mol. The molecule has 1 aromatic carbocycles. The summed E-state index contributed by atoms with van der Waals surface area (Å²) in [6.07, 6.45) is 3.81. The summed E-state index contributed by atoms with van der Waals surface area (Å²) in [7, 11) is 0. The van der Waals surface area contributed by atoms with E-state index in [1.165, 1.54) is 0 Å². The van der Waals surface area contributed by atoms with Crippen molar-refractivity contribution in [1.29, 1.82) is 0 Å². The van der Waals surface area contributed by atoms with Gasteiger partial charge in [-0.1, -0.05) is 31.0 Å². The lowest BCUT2D eigenvalue weighted by molar-refractivity contribution is -0.120. The molecule has 5 nitrogen and oxygen atoms in total. The third-order valence-electron chi connectivity index (χ3n) is 4.12. The van der Waals surface area contributed by atoms with Crippen molar-refractivity contribution in [3.8, 4) is 0 Å². The first-order chi connectivity index (χ1) is 10.8. The lowest BCUT2D eigenvalue weighted by Crippen LogP contribution is -2.21. The molecule has 0 heterocycles. The number of aliphatic hydroxyl groups excluding tert-OH is 1. The molecule has 2 unspecified atom stereocenters. The van der Waals surface area contributed by atoms with Gasteiger partial charge in [0.15, 0.2) is 11.5 Å². The summed E-state index contributed by atoms with van der Waals surface area (Å²) in [5.74, 6) is -0.0746. The predicted octanol–water partition coefficient (Wildman–Crippen LogP) is 4.61. The van der Waals surface area contributed by atoms with E-state index in [0.29, 0.717) is 0 Å². The molecule has 0 aliphatic heterocycles. The van der Waals surface area contributed by atoms with E-state index in [0.717, 1.165) is 43.3 Å². The molecule has 0 bridgehead atoms. The lowest BCUT2D eigenvalue weighted by Gasteiger charge is -2.23. The van der Waals surface area contributed by atoms with Gasteiger partial charge < -0.3 is 5.11 Å². The van der Waals surface area contributed by atoms with Crippen LogP contribution < -0.4 is 0 Å². The Bertz CT molecular complexity index is 640. The standard InChI is InChI=1S/C16H17N3O2S/c20-15-12-8-4-5-9-13(12)16(21)14(15)18-19-22-10-17-11-6-2-1-3-7-11/h1-3,6-7,10,12-13,20H,4-5,8-9H2. The Morgan fingerprint density at radius 2 is 1.86 bits per heavy atom. The normalized spacial score (nSPS) is 25.4. The number of carbonyl (C=O) groups excluding carboxylic acids is 1. The van der Waals surface area contributed by atoms with Gasteiger partial charge in [0.05, 0.1) is 11.2 Å². The Morgan fingerprint density at radius 3 is 2.59 bits per heavy atom. The first kappa shape index (κ1) is 15.0. The molecular weight excluding hydrogens is 298 g/mol. The van der Waals surface area contributed by atoms with Crippen molar-refractivity contribution in [2.75, 3.05) is 0 Å². The molecule has 2 aliphatic rings. The van der Waals surface area contributed by atoms with Crippen LogP contribution in [-0.4, -0.2) is 16.4 Å². The topological polar surface area (TPSA) is 74.4 Å². The van der Waals surface area contributed by atoms with Crippen LogP contribution in [0.25, 0.3) is 0 Å². The largest absolute Gasteiger partial charge is 0.510 e. The number of ketones is 1. The number of hydrogen-bond acceptors (Lipinski definition) is 6. The Hall–Kier alpha value is -1.95. The number of hydrogen-bond donors (Lipinski definition) is 1. The van der Waals surface area contributed by atoms with Crippen molar-refractivity contribution < 1.29 is 9.90 Å². The summed E-state index contributed by atoms with van der Waals surface area (Å²) in [6.45, 7) is 0. The zero-order valence-corrected chi connectivity index (χ0v) is 12.9. The Balaban J connectivity index is 1.61. The fourth-order valence-electron chi connectivity index (χ4n) is 3.03. The van der Waals surface area contributed by atoms with Crippen LogP contribution in [0.3, 0.4) is 0 Å². The van der Waals surface area contributed by atoms with Gasteiger partial charge >= 0.3 is 0 Å². The van der Waals surface area contributed by atoms with Crippen LogP contribution in [0.1, 0.15) is 25.7 Å². The number of Topliss-reactive ketones (excluding diaryl/α,β-unsaturated/α-hetero) is 1. The van der Waals surface area contributed by atoms with Crippen molar-refractivity contribution in [3.63, 3.8) is 0 Å². The average molecular weight is 315 g/mol. The molecule has 2 aliphatic carbocycles. The second-order valence-electron chi connectivity index (χ2n) is 5.45. The fraction of sp³-hybridized carbons (Fsp3) is 0.375. The van der Waals surface area contributed by atoms with E-state index in [4.69, 9.17) is 0 Å². The lowest BCUT2D eigenvalue weighted by atomic mass is 9.80. The SMILES string of the molecule is O=C1C(N=NSC=Nc2ccccc2)=C(O)C2CCCCC12. The van der Waals surface area contributed by atoms with E-state index in [2.05, 4.69) is 14.6 Å². The minimum atomic E-state index is -0.0920. The second-order valence-corrected chi connectivity index (χ2v) is 6.04. The number of allylic oxidation sites excluding steroid dienone is 2. The maximum absolute atomic E-state index is 12.2. The summed E-state index contributed by atoms with van der Waals surface area (Å²) in [6, 6.07) is 9.50. The highest BCUT2D eigenvalue weighted by Crippen LogP contribution is 2.43. The Morgan fingerprint density at radius 1 is 1.14 bits per heavy atom. The molecule has 0 aromatic heterocycles. The molecule has 1 aromatic rings. The van der Waals surface area contributed by atoms with E-state index < -0.39 is 0 Å². The van der Waals surface area contributed by atoms with Gasteiger partial charge in [0, 0.05) is 23.8 Å². The van der Waals surface area contributed by atoms with E-state index >= 15 is 0 Å². The summed E-state index contributed by atoms with van der Waals surface area (Å²) >= 11 is 1.04. The van der Waals surface area contributed by atoms with Gasteiger partial charge in [0.2, 0.25) is 0 Å². The van der Waals surface area contributed by atoms with Gasteiger partial charge in [-0.3, -0.25) is 4.79 Å². The monoisotopic (exact) mass is 315 g/mol. The minimum Gasteiger partial charge on any atom is -0.510 e. The summed E-state index contributed by atoms with van der Waals surface area (Å²) in [5.41, 5.74) is 2.52. The van der Waals surface area contributed by atoms with Crippen molar-refractivity contribution in [3.05, 3.63) is 41.8 Å². The molecule has 1 fully saturated rings. The number of fused-ring (bicyclic) bond motifs is 1. The number of benzene rings is 1. The first-order valence-electron chi connectivity index (χ1n) is 7.39. The average Bonchev–Trinajstić information content (AvgIpc) is 2.81. The van der Waals surface area contributed by atoms with Crippen LogP contribution in [-0.2, 0) is 4.79 Å². The van der Waals surface area contributed by atoms with E-state index in [9.17, 15) is 9.90 Å². The zero-order valence-electron chi connectivity index (χ0n) is 12.1. The quantitative estimate of drug-likeness (QED) is 0.382. The molecule has 0 spiro atoms. The molecule has 22 heavy (non-hydrogen) atoms. The molecular formula is C16H17N3O2S. The van der Waals surface area contributed by atoms with Crippen LogP contribution in [0.15, 0.2) is 56.4 Å². The van der Waals surface area contributed by atoms with Crippen molar-refractivity contribution in [2.45, 2.75) is 25.7 Å². The number of carbonyl (C=O) groups is 1. The van der Waals surface area contributed by atoms with Crippen LogP contribution in [0.5, 0.6) is 0 Å². The molecule has 3 rings (SSSR count). The number of nitrogens with zero attached hydrogens (tertiary/aromatic N) is 3. The molecule has 2 atom stereocenters. The van der Waals surface area contributed by atoms with Gasteiger partial charge in [0.1, 0.15) is 5.76 Å². The summed E-state index contributed by atoms with van der Waals surface area (Å²) in [4.78, 5) is 16.4. The molecule has 1 N–H and O–H groups in total. The smallest absolute Gasteiger partial charge is 0.190 e. The number of para-hydroxylation sites is 1. The van der Waals surface area contributed by atoms with Gasteiger partial charge in [0.25, 0.3) is 0 Å². The Kier molecular flexibility index (Phi) is 4.68. The maximum atomic E-state index is 12.2. The molecule has 6 heteroatoms. The highest BCUT2D eigenvalue weighted by atomic mass is 32.2. The van der Waals surface area contributed by atoms with Crippen LogP contribution >= 0.6 is 11.9 Å². The van der Waals surface area contributed by atoms with Crippen molar-refractivity contribution in [1.82, 2.24) is 0 Å². The zero-order chi connectivity index (χ0) is 15.4. The third kappa shape index (κ3) is 3.11. The molecule has 0 radical (unpaired) electrons. The van der Waals surface area contributed by atoms with Crippen LogP contribution in [0.4, 0.5) is 5.69 Å². The highest BCUT2D eigenvalue weighted by Gasteiger charge is 2.43. The summed E-state index contributed by atoms with van der Waals surface area (Å²) in [5, 5.41) is 14.1. The van der Waals surface area contributed by atoms with Gasteiger partial charge in [-0.2, -0.15) is 0 Å². The number of aliphatic imine (C=N–C) groups is 1. The maximum Gasteiger partial charge on any atom is 0.190 e. The molecule has 0 saturated heterocycles. The summed E-state index contributed by atoms with van der Waals surface area (Å²) < 4.78 is 3.88. The van der Waals surface area contributed by atoms with Crippen molar-refractivity contribution in [2.24, 2.45) is 26.5 Å². The first-order valence-corrected chi connectivity index (χ1v) is 8.23. The molecule has 114 valence electrons. The van der Waals surface area contributed by atoms with Gasteiger partial charge in [-0.05, 0) is 25.0 Å². The van der Waals surface area contributed by atoms with E-state index in [1.807, 2.05) is 30.3 Å². The Labute approximate surface area is 133 Å². The fourth-order valence-corrected chi connectivity index (χ4v) is 3.37. The number of aliphatic hydroxyl groups is 1. The van der Waals surface area contributed by atoms with Gasteiger partial charge in [-0.15, -0.1) is 9.63 Å². The highest BCUT2D eigenvalue weighted by molar-refractivity contribution is 8.10. The molecule has 1 saturated carbocycles. The van der Waals surface area contributed by atoms with Crippen molar-refractivity contribution >= 4 is 29.0 Å². The molecule has 0 amide bonds. The van der Waals surface area contributed by atoms with Gasteiger partial charge in [-0.25, -0.2) is 4.99 Å². The van der Waals surface area contributed by atoms with Crippen LogP contribution in [0.2, 0.25) is 0 Å². The van der Waals surface area contributed by atoms with E-state index in [1.54, 1.807) is 5.55 Å². The second kappa shape index (κ2) is 6.87. The van der Waals surface area contributed by atoms with E-state index in [-0.39, 0.29) is 29.1 Å². The van der Waals surface area contributed by atoms with Crippen LogP contribution in [0, 0.1) is 11.8 Å². The minimum absolute atomic E-state index is 0.0433. The number of rotatable bonds is 4.